The molecular formula is C29H34N4O10. The SMILES string of the molecule is CCC(=O)c1cn2c(c(O)c1=O)C(=O)N1[C@@H](C)CO[C@@H]1C2.CCC(=O)c1cn2c(c(O)c1=O)C(=O)N1[C@H](C)CCO[C@H]1C2. The first-order valence-corrected chi connectivity index (χ1v) is 14.3. The van der Waals surface area contributed by atoms with Gasteiger partial charge in [0.1, 0.15) is 0 Å². The summed E-state index contributed by atoms with van der Waals surface area (Å²) in [6, 6.07) is -0.130. The second-order valence-corrected chi connectivity index (χ2v) is 11.0. The number of Topliss-reactive ketones (excluding diaryl/α,β-unsaturated/α-hetero) is 2. The third kappa shape index (κ3) is 4.93. The number of aromatic nitrogens is 2. The molecule has 0 radical (unpaired) electrons. The van der Waals surface area contributed by atoms with E-state index >= 15 is 0 Å². The van der Waals surface area contributed by atoms with Gasteiger partial charge in [0.05, 0.1) is 43.5 Å². The number of pyridine rings is 2. The largest absolute Gasteiger partial charge is 0.503 e. The highest BCUT2D eigenvalue weighted by molar-refractivity contribution is 6.01. The molecule has 2 saturated heterocycles. The Labute approximate surface area is 246 Å². The highest BCUT2D eigenvalue weighted by Gasteiger charge is 2.43. The lowest BCUT2D eigenvalue weighted by atomic mass is 10.0. The van der Waals surface area contributed by atoms with E-state index in [1.807, 2.05) is 13.8 Å². The van der Waals surface area contributed by atoms with Gasteiger partial charge < -0.3 is 38.6 Å². The quantitative estimate of drug-likeness (QED) is 0.484. The van der Waals surface area contributed by atoms with E-state index in [9.17, 15) is 39.0 Å². The summed E-state index contributed by atoms with van der Waals surface area (Å²) in [6.07, 6.45) is 2.88. The molecule has 6 heterocycles. The number of carbonyl (C=O) groups excluding carboxylic acids is 4. The van der Waals surface area contributed by atoms with Crippen LogP contribution < -0.4 is 10.9 Å². The monoisotopic (exact) mass is 598 g/mol. The Morgan fingerprint density at radius 3 is 1.67 bits per heavy atom. The van der Waals surface area contributed by atoms with Gasteiger partial charge >= 0.3 is 0 Å². The van der Waals surface area contributed by atoms with Gasteiger partial charge in [0.2, 0.25) is 10.9 Å². The van der Waals surface area contributed by atoms with Crippen molar-refractivity contribution in [1.29, 1.82) is 0 Å². The smallest absolute Gasteiger partial charge is 0.276 e. The Morgan fingerprint density at radius 1 is 0.767 bits per heavy atom. The van der Waals surface area contributed by atoms with Gasteiger partial charge in [0.15, 0.2) is 46.9 Å². The standard InChI is InChI=1S/C15H18N2O5.C14H16N2O5/c1-3-10(18)9-6-16-7-11-17(8(2)4-5-22-11)15(21)12(16)14(20)13(9)19;1-3-9(17)8-4-15-5-10-16(7(2)6-21-10)14(20)11(15)13(19)12(8)18/h6,8,11,20H,3-5,7H2,1-2H3;4,7,10,19H,3,5-6H2,1-2H3/t8-,11+;7-,10+/m10/s1. The van der Waals surface area contributed by atoms with Crippen LogP contribution in [0.5, 0.6) is 11.5 Å². The van der Waals surface area contributed by atoms with Gasteiger partial charge in [0.25, 0.3) is 11.8 Å². The van der Waals surface area contributed by atoms with Gasteiger partial charge in [-0.3, -0.25) is 28.8 Å². The van der Waals surface area contributed by atoms with Crippen LogP contribution in [0, 0.1) is 0 Å². The van der Waals surface area contributed by atoms with E-state index in [4.69, 9.17) is 9.47 Å². The van der Waals surface area contributed by atoms with E-state index < -0.39 is 46.6 Å². The van der Waals surface area contributed by atoms with Crippen molar-refractivity contribution in [3.05, 3.63) is 55.4 Å². The zero-order chi connectivity index (χ0) is 31.3. The Balaban J connectivity index is 0.000000171. The molecule has 0 unspecified atom stereocenters. The molecule has 0 spiro atoms. The number of amides is 2. The summed E-state index contributed by atoms with van der Waals surface area (Å²) >= 11 is 0. The van der Waals surface area contributed by atoms with Crippen molar-refractivity contribution < 1.29 is 38.9 Å². The fraction of sp³-hybridized carbons (Fsp3) is 0.517. The predicted molar refractivity (Wildman–Crippen MR) is 149 cm³/mol. The van der Waals surface area contributed by atoms with Gasteiger partial charge in [-0.2, -0.15) is 0 Å². The molecule has 43 heavy (non-hydrogen) atoms. The number of ketones is 2. The van der Waals surface area contributed by atoms with Gasteiger partial charge in [0, 0.05) is 31.3 Å². The van der Waals surface area contributed by atoms with Gasteiger partial charge in [-0.25, -0.2) is 0 Å². The fourth-order valence-corrected chi connectivity index (χ4v) is 5.91. The second kappa shape index (κ2) is 11.4. The number of fused-ring (bicyclic) bond motifs is 4. The van der Waals surface area contributed by atoms with Gasteiger partial charge in [-0.15, -0.1) is 0 Å². The zero-order valence-corrected chi connectivity index (χ0v) is 24.4. The van der Waals surface area contributed by atoms with E-state index in [2.05, 4.69) is 0 Å². The lowest BCUT2D eigenvalue weighted by Gasteiger charge is -2.44. The van der Waals surface area contributed by atoms with Crippen molar-refractivity contribution in [3.8, 4) is 11.5 Å². The van der Waals surface area contributed by atoms with Crippen molar-refractivity contribution in [3.63, 3.8) is 0 Å². The summed E-state index contributed by atoms with van der Waals surface area (Å²) in [4.78, 5) is 76.0. The van der Waals surface area contributed by atoms with Crippen LogP contribution in [-0.2, 0) is 22.6 Å². The van der Waals surface area contributed by atoms with Crippen LogP contribution in [0.15, 0.2) is 22.0 Å². The summed E-state index contributed by atoms with van der Waals surface area (Å²) in [6.45, 7) is 8.59. The van der Waals surface area contributed by atoms with Crippen LogP contribution in [0.25, 0.3) is 0 Å². The van der Waals surface area contributed by atoms with E-state index in [1.165, 1.54) is 26.4 Å². The van der Waals surface area contributed by atoms with Crippen LogP contribution in [-0.4, -0.2) is 90.3 Å². The molecule has 2 amide bonds. The maximum atomic E-state index is 12.6. The van der Waals surface area contributed by atoms with Gasteiger partial charge in [-0.1, -0.05) is 13.8 Å². The summed E-state index contributed by atoms with van der Waals surface area (Å²) < 4.78 is 14.1. The van der Waals surface area contributed by atoms with E-state index in [1.54, 1.807) is 18.7 Å². The number of ether oxygens (including phenoxy) is 2. The Bertz CT molecular complexity index is 1640. The topological polar surface area (TPSA) is 178 Å². The molecule has 6 rings (SSSR count). The molecule has 4 aliphatic heterocycles. The van der Waals surface area contributed by atoms with Crippen molar-refractivity contribution >= 4 is 23.4 Å². The maximum absolute atomic E-state index is 12.6. The Hall–Kier alpha value is -4.30. The summed E-state index contributed by atoms with van der Waals surface area (Å²) in [5.74, 6) is -2.91. The maximum Gasteiger partial charge on any atom is 0.276 e. The molecule has 0 bridgehead atoms. The number of rotatable bonds is 4. The average Bonchev–Trinajstić information content (AvgIpc) is 3.36. The highest BCUT2D eigenvalue weighted by atomic mass is 16.5. The molecule has 4 atom stereocenters. The van der Waals surface area contributed by atoms with Crippen LogP contribution in [0.4, 0.5) is 0 Å². The average molecular weight is 599 g/mol. The molecule has 230 valence electrons. The molecule has 0 saturated carbocycles. The van der Waals surface area contributed by atoms with Crippen molar-refractivity contribution in [2.75, 3.05) is 13.2 Å². The molecule has 14 heteroatoms. The number of aromatic hydroxyl groups is 2. The zero-order valence-electron chi connectivity index (χ0n) is 24.4. The molecule has 2 aromatic rings. The highest BCUT2D eigenvalue weighted by Crippen LogP contribution is 2.30. The second-order valence-electron chi connectivity index (χ2n) is 11.0. The first-order valence-electron chi connectivity index (χ1n) is 14.3. The molecular weight excluding hydrogens is 564 g/mol. The molecule has 2 aromatic heterocycles. The van der Waals surface area contributed by atoms with E-state index in [0.29, 0.717) is 32.7 Å². The molecule has 2 N–H and O–H groups in total. The van der Waals surface area contributed by atoms with Crippen molar-refractivity contribution in [1.82, 2.24) is 18.9 Å². The number of carbonyl (C=O) groups is 4. The van der Waals surface area contributed by atoms with Crippen LogP contribution >= 0.6 is 0 Å². The normalized spacial score (nSPS) is 23.9. The molecule has 2 fully saturated rings. The minimum absolute atomic E-state index is 0.0218. The van der Waals surface area contributed by atoms with Gasteiger partial charge in [-0.05, 0) is 20.3 Å². The summed E-state index contributed by atoms with van der Waals surface area (Å²) in [5.41, 5.74) is -1.88. The summed E-state index contributed by atoms with van der Waals surface area (Å²) in [7, 11) is 0. The number of nitrogens with zero attached hydrogens (tertiary/aromatic N) is 4. The first-order chi connectivity index (χ1) is 20.4. The minimum atomic E-state index is -0.785. The number of hydrogen-bond donors (Lipinski definition) is 2. The van der Waals surface area contributed by atoms with E-state index in [0.717, 1.165) is 0 Å². The molecule has 0 aliphatic carbocycles. The minimum Gasteiger partial charge on any atom is -0.503 e. The lowest BCUT2D eigenvalue weighted by molar-refractivity contribution is -0.112. The van der Waals surface area contributed by atoms with Crippen LogP contribution in [0.2, 0.25) is 0 Å². The van der Waals surface area contributed by atoms with Crippen molar-refractivity contribution in [2.45, 2.75) is 84.6 Å². The molecule has 0 aromatic carbocycles. The molecule has 4 aliphatic rings. The summed E-state index contributed by atoms with van der Waals surface area (Å²) in [5, 5.41) is 20.2. The first kappa shape index (κ1) is 30.2. The Morgan fingerprint density at radius 2 is 1.21 bits per heavy atom. The molecule has 14 nitrogen and oxygen atoms in total. The lowest BCUT2D eigenvalue weighted by Crippen LogP contribution is -2.57. The third-order valence-electron chi connectivity index (χ3n) is 8.28. The van der Waals surface area contributed by atoms with Crippen molar-refractivity contribution in [2.24, 2.45) is 0 Å². The predicted octanol–water partition coefficient (Wildman–Crippen LogP) is 1.08. The van der Waals surface area contributed by atoms with Crippen LogP contribution in [0.1, 0.15) is 88.7 Å². The van der Waals surface area contributed by atoms with Crippen LogP contribution in [0.3, 0.4) is 0 Å². The fourth-order valence-electron chi connectivity index (χ4n) is 5.91. The number of hydrogen-bond acceptors (Lipinski definition) is 10. The Kier molecular flexibility index (Phi) is 8.01. The van der Waals surface area contributed by atoms with E-state index in [-0.39, 0.29) is 59.0 Å². The third-order valence-corrected chi connectivity index (χ3v) is 8.28.